The van der Waals surface area contributed by atoms with Crippen LogP contribution in [0.4, 0.5) is 0 Å². The van der Waals surface area contributed by atoms with Crippen molar-refractivity contribution >= 4 is 6.29 Å². The van der Waals surface area contributed by atoms with Crippen molar-refractivity contribution in [2.45, 2.75) is 33.6 Å². The Labute approximate surface area is 68.5 Å². The highest BCUT2D eigenvalue weighted by atomic mass is 16.1. The summed E-state index contributed by atoms with van der Waals surface area (Å²) in [5, 5.41) is 0. The molecule has 0 aromatic carbocycles. The molecule has 1 heteroatoms. The van der Waals surface area contributed by atoms with Gasteiger partial charge < -0.3 is 0 Å². The summed E-state index contributed by atoms with van der Waals surface area (Å²) >= 11 is 0. The molecule has 1 rings (SSSR count). The van der Waals surface area contributed by atoms with Crippen LogP contribution in [0.25, 0.3) is 0 Å². The second-order valence-corrected chi connectivity index (χ2v) is 3.66. The van der Waals surface area contributed by atoms with Gasteiger partial charge in [-0.3, -0.25) is 4.79 Å². The quantitative estimate of drug-likeness (QED) is 0.528. The molecule has 0 amide bonds. The van der Waals surface area contributed by atoms with Gasteiger partial charge in [-0.2, -0.15) is 0 Å². The van der Waals surface area contributed by atoms with Crippen LogP contribution in [0.15, 0.2) is 11.1 Å². The van der Waals surface area contributed by atoms with Gasteiger partial charge in [0.15, 0.2) is 0 Å². The topological polar surface area (TPSA) is 17.1 Å². The van der Waals surface area contributed by atoms with E-state index in [4.69, 9.17) is 0 Å². The Kier molecular flexibility index (Phi) is 2.48. The van der Waals surface area contributed by atoms with Crippen LogP contribution < -0.4 is 0 Å². The third kappa shape index (κ3) is 1.52. The second-order valence-electron chi connectivity index (χ2n) is 3.66. The van der Waals surface area contributed by atoms with Gasteiger partial charge in [-0.15, -0.1) is 0 Å². The predicted octanol–water partition coefficient (Wildman–Crippen LogP) is 2.57. The fourth-order valence-electron chi connectivity index (χ4n) is 1.74. The SMILES string of the molecule is CC1=C(C=O)[C@H](C)[C@H](C)CC1. The Morgan fingerprint density at radius 1 is 1.45 bits per heavy atom. The highest BCUT2D eigenvalue weighted by Crippen LogP contribution is 2.32. The van der Waals surface area contributed by atoms with Gasteiger partial charge in [0.05, 0.1) is 0 Å². The van der Waals surface area contributed by atoms with Gasteiger partial charge in [-0.1, -0.05) is 19.4 Å². The third-order valence-electron chi connectivity index (χ3n) is 2.94. The monoisotopic (exact) mass is 152 g/mol. The Morgan fingerprint density at radius 2 is 2.09 bits per heavy atom. The average Bonchev–Trinajstić information content (AvgIpc) is 1.99. The fourth-order valence-corrected chi connectivity index (χ4v) is 1.74. The molecule has 62 valence electrons. The summed E-state index contributed by atoms with van der Waals surface area (Å²) < 4.78 is 0. The zero-order valence-corrected chi connectivity index (χ0v) is 7.55. The minimum absolute atomic E-state index is 0.473. The molecule has 0 aliphatic heterocycles. The van der Waals surface area contributed by atoms with Crippen molar-refractivity contribution in [1.82, 2.24) is 0 Å². The Balaban J connectivity index is 2.88. The molecule has 0 fully saturated rings. The van der Waals surface area contributed by atoms with E-state index in [1.165, 1.54) is 12.0 Å². The largest absolute Gasteiger partial charge is 0.298 e. The van der Waals surface area contributed by atoms with Crippen molar-refractivity contribution < 1.29 is 4.79 Å². The number of hydrogen-bond donors (Lipinski definition) is 0. The minimum atomic E-state index is 0.473. The Bertz CT molecular complexity index is 191. The van der Waals surface area contributed by atoms with Gasteiger partial charge in [-0.25, -0.2) is 0 Å². The van der Waals surface area contributed by atoms with E-state index in [-0.39, 0.29) is 0 Å². The first kappa shape index (κ1) is 8.51. The molecular weight excluding hydrogens is 136 g/mol. The second kappa shape index (κ2) is 3.21. The lowest BCUT2D eigenvalue weighted by Crippen LogP contribution is -2.17. The molecule has 0 spiro atoms. The van der Waals surface area contributed by atoms with Crippen LogP contribution in [0.3, 0.4) is 0 Å². The molecule has 0 N–H and O–H groups in total. The molecule has 0 unspecified atom stereocenters. The van der Waals surface area contributed by atoms with Crippen LogP contribution in [-0.2, 0) is 4.79 Å². The maximum absolute atomic E-state index is 10.7. The zero-order valence-electron chi connectivity index (χ0n) is 7.55. The third-order valence-corrected chi connectivity index (χ3v) is 2.94. The lowest BCUT2D eigenvalue weighted by atomic mass is 9.78. The lowest BCUT2D eigenvalue weighted by molar-refractivity contribution is -0.105. The molecule has 0 aromatic heterocycles. The number of carbonyl (C=O) groups excluding carboxylic acids is 1. The summed E-state index contributed by atoms with van der Waals surface area (Å²) in [6, 6.07) is 0. The molecule has 2 atom stereocenters. The van der Waals surface area contributed by atoms with Crippen molar-refractivity contribution in [2.24, 2.45) is 11.8 Å². The Hall–Kier alpha value is -0.590. The molecule has 0 saturated carbocycles. The van der Waals surface area contributed by atoms with E-state index in [1.807, 2.05) is 0 Å². The first-order valence-electron chi connectivity index (χ1n) is 4.31. The fraction of sp³-hybridized carbons (Fsp3) is 0.700. The molecule has 0 radical (unpaired) electrons. The van der Waals surface area contributed by atoms with E-state index >= 15 is 0 Å². The number of aldehydes is 1. The first-order valence-corrected chi connectivity index (χ1v) is 4.31. The molecule has 0 heterocycles. The average molecular weight is 152 g/mol. The number of carbonyl (C=O) groups is 1. The van der Waals surface area contributed by atoms with E-state index in [2.05, 4.69) is 20.8 Å². The maximum atomic E-state index is 10.7. The molecule has 0 saturated heterocycles. The van der Waals surface area contributed by atoms with Gasteiger partial charge >= 0.3 is 0 Å². The summed E-state index contributed by atoms with van der Waals surface area (Å²) in [7, 11) is 0. The summed E-state index contributed by atoms with van der Waals surface area (Å²) in [5.74, 6) is 1.15. The van der Waals surface area contributed by atoms with Crippen LogP contribution in [0.1, 0.15) is 33.6 Å². The minimum Gasteiger partial charge on any atom is -0.298 e. The van der Waals surface area contributed by atoms with Gasteiger partial charge in [0.25, 0.3) is 0 Å². The molecule has 1 aliphatic carbocycles. The van der Waals surface area contributed by atoms with E-state index in [1.54, 1.807) is 0 Å². The highest BCUT2D eigenvalue weighted by molar-refractivity contribution is 5.75. The van der Waals surface area contributed by atoms with E-state index in [9.17, 15) is 4.79 Å². The van der Waals surface area contributed by atoms with Gasteiger partial charge in [0, 0.05) is 0 Å². The normalized spacial score (nSPS) is 32.3. The van der Waals surface area contributed by atoms with E-state index in [0.29, 0.717) is 11.8 Å². The van der Waals surface area contributed by atoms with Crippen LogP contribution in [0, 0.1) is 11.8 Å². The Morgan fingerprint density at radius 3 is 2.55 bits per heavy atom. The van der Waals surface area contributed by atoms with Gasteiger partial charge in [0.2, 0.25) is 0 Å². The number of allylic oxidation sites excluding steroid dienone is 2. The van der Waals surface area contributed by atoms with E-state index < -0.39 is 0 Å². The first-order chi connectivity index (χ1) is 5.16. The standard InChI is InChI=1S/C10H16O/c1-7-4-5-8(2)10(6-11)9(7)3/h6-7,9H,4-5H2,1-3H3/t7-,9-/m1/s1. The van der Waals surface area contributed by atoms with Gasteiger partial charge in [0.1, 0.15) is 6.29 Å². The molecular formula is C10H16O. The summed E-state index contributed by atoms with van der Waals surface area (Å²) in [4.78, 5) is 10.7. The van der Waals surface area contributed by atoms with Crippen LogP contribution in [0.5, 0.6) is 0 Å². The lowest BCUT2D eigenvalue weighted by Gasteiger charge is -2.27. The smallest absolute Gasteiger partial charge is 0.146 e. The van der Waals surface area contributed by atoms with Crippen molar-refractivity contribution in [3.05, 3.63) is 11.1 Å². The molecule has 0 bridgehead atoms. The van der Waals surface area contributed by atoms with Gasteiger partial charge in [-0.05, 0) is 37.2 Å². The van der Waals surface area contributed by atoms with Crippen molar-refractivity contribution in [2.75, 3.05) is 0 Å². The van der Waals surface area contributed by atoms with Crippen molar-refractivity contribution in [3.8, 4) is 0 Å². The molecule has 1 nitrogen and oxygen atoms in total. The van der Waals surface area contributed by atoms with Crippen molar-refractivity contribution in [3.63, 3.8) is 0 Å². The molecule has 1 aliphatic rings. The van der Waals surface area contributed by atoms with Crippen molar-refractivity contribution in [1.29, 1.82) is 0 Å². The van der Waals surface area contributed by atoms with E-state index in [0.717, 1.165) is 18.3 Å². The summed E-state index contributed by atoms with van der Waals surface area (Å²) in [6.07, 6.45) is 3.39. The van der Waals surface area contributed by atoms with Crippen LogP contribution in [0.2, 0.25) is 0 Å². The van der Waals surface area contributed by atoms with Crippen LogP contribution >= 0.6 is 0 Å². The van der Waals surface area contributed by atoms with Crippen LogP contribution in [-0.4, -0.2) is 6.29 Å². The predicted molar refractivity (Wildman–Crippen MR) is 46.3 cm³/mol. The summed E-state index contributed by atoms with van der Waals surface area (Å²) in [5.41, 5.74) is 2.34. The summed E-state index contributed by atoms with van der Waals surface area (Å²) in [6.45, 7) is 6.45. The molecule has 0 aromatic rings. The molecule has 11 heavy (non-hydrogen) atoms. The number of hydrogen-bond acceptors (Lipinski definition) is 1. The zero-order chi connectivity index (χ0) is 8.43. The maximum Gasteiger partial charge on any atom is 0.146 e. The number of rotatable bonds is 1. The highest BCUT2D eigenvalue weighted by Gasteiger charge is 2.22.